The van der Waals surface area contributed by atoms with Crippen LogP contribution in [0.25, 0.3) is 0 Å². The van der Waals surface area contributed by atoms with E-state index in [9.17, 15) is 10.0 Å². The minimum Gasteiger partial charge on any atom is -0.427 e. The lowest BCUT2D eigenvalue weighted by molar-refractivity contribution is 0.398. The second kappa shape index (κ2) is 10.8. The summed E-state index contributed by atoms with van der Waals surface area (Å²) >= 11 is 0. The summed E-state index contributed by atoms with van der Waals surface area (Å²) in [7, 11) is -1.30. The molecule has 0 aromatic heterocycles. The predicted octanol–water partition coefficient (Wildman–Crippen LogP) is 8.17. The van der Waals surface area contributed by atoms with E-state index in [4.69, 9.17) is 0 Å². The summed E-state index contributed by atoms with van der Waals surface area (Å²) in [6.45, 7) is 20.2. The van der Waals surface area contributed by atoms with E-state index in [2.05, 4.69) is 135 Å². The molecule has 3 rings (SSSR count). The van der Waals surface area contributed by atoms with Crippen LogP contribution in [0, 0.1) is 0 Å². The molecule has 0 unspecified atom stereocenters. The van der Waals surface area contributed by atoms with Gasteiger partial charge in [0.2, 0.25) is 0 Å². The Morgan fingerprint density at radius 3 is 0.919 bits per heavy atom. The maximum atomic E-state index is 9.69. The fraction of sp³-hybridized carbons (Fsp3) is 0.471. The van der Waals surface area contributed by atoms with Gasteiger partial charge in [0.1, 0.15) is 0 Å². The molecule has 0 amide bonds. The summed E-state index contributed by atoms with van der Waals surface area (Å²) in [6.07, 6.45) is 1.83. The zero-order valence-corrected chi connectivity index (χ0v) is 24.5. The molecule has 2 nitrogen and oxygen atoms in total. The smallest absolute Gasteiger partial charge is 0.427 e. The fourth-order valence-corrected chi connectivity index (χ4v) is 5.25. The quantitative estimate of drug-likeness (QED) is 0.255. The molecular weight excluding hydrogens is 451 g/mol. The highest BCUT2D eigenvalue weighted by Crippen LogP contribution is 2.45. The lowest BCUT2D eigenvalue weighted by atomic mass is 9.64. The first-order valence-electron chi connectivity index (χ1n) is 13.7. The van der Waals surface area contributed by atoms with Crippen molar-refractivity contribution in [1.82, 2.24) is 0 Å². The molecule has 0 radical (unpaired) electrons. The van der Waals surface area contributed by atoms with Gasteiger partial charge in [-0.25, -0.2) is 0 Å². The Morgan fingerprint density at radius 1 is 0.459 bits per heavy atom. The monoisotopic (exact) mass is 498 g/mol. The summed E-state index contributed by atoms with van der Waals surface area (Å²) < 4.78 is 0. The van der Waals surface area contributed by atoms with E-state index in [1.165, 1.54) is 33.4 Å². The van der Waals surface area contributed by atoms with Gasteiger partial charge in [-0.2, -0.15) is 0 Å². The zero-order valence-electron chi connectivity index (χ0n) is 24.5. The van der Waals surface area contributed by atoms with Crippen molar-refractivity contribution < 1.29 is 10.0 Å². The molecule has 0 spiro atoms. The highest BCUT2D eigenvalue weighted by atomic mass is 16.4. The first-order chi connectivity index (χ1) is 17.0. The van der Waals surface area contributed by atoms with Crippen molar-refractivity contribution in [3.05, 3.63) is 106 Å². The van der Waals surface area contributed by atoms with Crippen LogP contribution in [0.5, 0.6) is 0 Å². The molecular formula is C34H47BO2. The third-order valence-corrected chi connectivity index (χ3v) is 7.75. The number of benzene rings is 3. The second-order valence-corrected chi connectivity index (χ2v) is 13.8. The van der Waals surface area contributed by atoms with Crippen LogP contribution in [0.1, 0.15) is 109 Å². The first kappa shape index (κ1) is 29.2. The molecule has 0 atom stereocenters. The average molecular weight is 499 g/mol. The van der Waals surface area contributed by atoms with Crippen LogP contribution < -0.4 is 0 Å². The summed E-state index contributed by atoms with van der Waals surface area (Å²) in [5.74, 6) is 0. The van der Waals surface area contributed by atoms with Gasteiger partial charge in [0, 0.05) is 5.41 Å². The molecule has 0 fully saturated rings. The minimum atomic E-state index is -1.30. The van der Waals surface area contributed by atoms with Gasteiger partial charge in [0.05, 0.1) is 0 Å². The van der Waals surface area contributed by atoms with Crippen LogP contribution in [-0.4, -0.2) is 17.2 Å². The van der Waals surface area contributed by atoms with E-state index in [0.29, 0.717) is 12.7 Å². The number of hydrogen-bond acceptors (Lipinski definition) is 2. The van der Waals surface area contributed by atoms with Gasteiger partial charge in [-0.3, -0.25) is 0 Å². The Hall–Kier alpha value is -2.36. The van der Waals surface area contributed by atoms with Crippen LogP contribution in [0.3, 0.4) is 0 Å². The molecule has 0 saturated carbocycles. The van der Waals surface area contributed by atoms with E-state index < -0.39 is 12.5 Å². The Balaban J connectivity index is 2.27. The zero-order chi connectivity index (χ0) is 27.6. The first-order valence-corrected chi connectivity index (χ1v) is 13.7. The van der Waals surface area contributed by atoms with Crippen LogP contribution in [0.2, 0.25) is 6.32 Å². The summed E-state index contributed by atoms with van der Waals surface area (Å²) in [6, 6.07) is 27.3. The topological polar surface area (TPSA) is 40.5 Å². The number of hydrogen-bond donors (Lipinski definition) is 2. The normalized spacial score (nSPS) is 13.1. The molecule has 3 aromatic rings. The average Bonchev–Trinajstić information content (AvgIpc) is 2.80. The largest absolute Gasteiger partial charge is 0.451 e. The lowest BCUT2D eigenvalue weighted by Gasteiger charge is -2.37. The van der Waals surface area contributed by atoms with Crippen molar-refractivity contribution in [1.29, 1.82) is 0 Å². The lowest BCUT2D eigenvalue weighted by Crippen LogP contribution is -2.31. The van der Waals surface area contributed by atoms with E-state index in [1.54, 1.807) is 0 Å². The summed E-state index contributed by atoms with van der Waals surface area (Å²) in [5.41, 5.74) is 7.45. The van der Waals surface area contributed by atoms with Crippen LogP contribution >= 0.6 is 0 Å². The van der Waals surface area contributed by atoms with Gasteiger partial charge in [-0.1, -0.05) is 142 Å². The molecule has 37 heavy (non-hydrogen) atoms. The molecule has 0 aliphatic carbocycles. The highest BCUT2D eigenvalue weighted by molar-refractivity contribution is 6.40. The summed E-state index contributed by atoms with van der Waals surface area (Å²) in [4.78, 5) is 0. The third-order valence-electron chi connectivity index (χ3n) is 7.75. The third kappa shape index (κ3) is 6.75. The van der Waals surface area contributed by atoms with Gasteiger partial charge in [-0.05, 0) is 62.4 Å². The van der Waals surface area contributed by atoms with Crippen molar-refractivity contribution in [2.24, 2.45) is 0 Å². The second-order valence-electron chi connectivity index (χ2n) is 13.8. The van der Waals surface area contributed by atoms with Crippen molar-refractivity contribution in [3.8, 4) is 0 Å². The van der Waals surface area contributed by atoms with Crippen LogP contribution in [0.4, 0.5) is 0 Å². The van der Waals surface area contributed by atoms with Crippen molar-refractivity contribution in [2.75, 3.05) is 0 Å². The molecule has 3 heteroatoms. The summed E-state index contributed by atoms with van der Waals surface area (Å²) in [5, 5.41) is 19.4. The maximum absolute atomic E-state index is 9.69. The number of rotatable bonds is 7. The Morgan fingerprint density at radius 2 is 0.703 bits per heavy atom. The Bertz CT molecular complexity index is 998. The maximum Gasteiger partial charge on any atom is 0.451 e. The van der Waals surface area contributed by atoms with E-state index in [0.717, 1.165) is 6.42 Å². The van der Waals surface area contributed by atoms with Gasteiger partial charge >= 0.3 is 7.12 Å². The molecule has 0 aliphatic rings. The molecule has 0 heterocycles. The molecule has 198 valence electrons. The van der Waals surface area contributed by atoms with Gasteiger partial charge in [0.25, 0.3) is 0 Å². The van der Waals surface area contributed by atoms with Gasteiger partial charge in [-0.15, -0.1) is 0 Å². The highest BCUT2D eigenvalue weighted by Gasteiger charge is 2.37. The van der Waals surface area contributed by atoms with Crippen molar-refractivity contribution in [2.45, 2.75) is 103 Å². The molecule has 0 saturated heterocycles. The Kier molecular flexibility index (Phi) is 8.52. The van der Waals surface area contributed by atoms with Crippen LogP contribution in [0.15, 0.2) is 72.8 Å². The van der Waals surface area contributed by atoms with E-state index >= 15 is 0 Å². The van der Waals surface area contributed by atoms with Crippen molar-refractivity contribution >= 4 is 7.12 Å². The molecule has 2 N–H and O–H groups in total. The van der Waals surface area contributed by atoms with E-state index in [1.807, 2.05) is 0 Å². The van der Waals surface area contributed by atoms with Crippen molar-refractivity contribution in [3.63, 3.8) is 0 Å². The Labute approximate surface area is 226 Å². The van der Waals surface area contributed by atoms with Crippen LogP contribution in [-0.2, 0) is 21.7 Å². The fourth-order valence-electron chi connectivity index (χ4n) is 5.25. The molecule has 0 bridgehead atoms. The minimum absolute atomic E-state index is 0.0743. The SMILES string of the molecule is CC(C)(C)c1ccc(C(CCCB(O)O)(c2ccc(C(C)(C)C)cc2)c2ccc(C(C)(C)C)cc2)cc1. The van der Waals surface area contributed by atoms with E-state index in [-0.39, 0.29) is 16.2 Å². The molecule has 0 aliphatic heterocycles. The standard InChI is InChI=1S/C34H47BO2/c1-31(2,3)25-11-17-28(18-12-25)34(23-10-24-35(36)37,29-19-13-26(14-20-29)32(4,5)6)30-21-15-27(16-22-30)33(7,8)9/h11-22,36-37H,10,23-24H2,1-9H3. The van der Waals surface area contributed by atoms with Gasteiger partial charge < -0.3 is 10.0 Å². The predicted molar refractivity (Wildman–Crippen MR) is 160 cm³/mol. The molecule has 3 aromatic carbocycles. The van der Waals surface area contributed by atoms with Gasteiger partial charge in [0.15, 0.2) is 0 Å².